The average Bonchev–Trinajstić information content (AvgIpc) is 3.43. The van der Waals surface area contributed by atoms with Gasteiger partial charge in [0.15, 0.2) is 0 Å². The van der Waals surface area contributed by atoms with Crippen molar-refractivity contribution >= 4 is 18.3 Å². The smallest absolute Gasteiger partial charge is 0.272 e. The second-order valence-electron chi connectivity index (χ2n) is 7.49. The van der Waals surface area contributed by atoms with Crippen molar-refractivity contribution < 1.29 is 4.79 Å². The van der Waals surface area contributed by atoms with E-state index in [1.54, 1.807) is 12.3 Å². The third-order valence-electron chi connectivity index (χ3n) is 5.40. The van der Waals surface area contributed by atoms with Crippen LogP contribution in [0.2, 0.25) is 0 Å². The Morgan fingerprint density at radius 3 is 2.87 bits per heavy atom. The molecule has 0 spiro atoms. The van der Waals surface area contributed by atoms with Crippen LogP contribution in [0.15, 0.2) is 55.0 Å². The third-order valence-corrected chi connectivity index (χ3v) is 5.40. The Bertz CT molecular complexity index is 917. The van der Waals surface area contributed by atoms with Gasteiger partial charge < -0.3 is 15.2 Å². The number of aromatic nitrogens is 4. The number of carbonyl (C=O) groups is 1. The van der Waals surface area contributed by atoms with Crippen molar-refractivity contribution in [2.75, 3.05) is 13.1 Å². The molecule has 4 rings (SSSR count). The van der Waals surface area contributed by atoms with Crippen LogP contribution in [0.1, 0.15) is 47.2 Å². The number of aryl methyl sites for hydroxylation is 2. The predicted octanol–water partition coefficient (Wildman–Crippen LogP) is 2.99. The first-order valence-electron chi connectivity index (χ1n) is 10.4. The number of benzene rings is 1. The summed E-state index contributed by atoms with van der Waals surface area (Å²) in [5, 5.41) is 10.8. The van der Waals surface area contributed by atoms with Crippen LogP contribution in [0, 0.1) is 0 Å². The fourth-order valence-electron chi connectivity index (χ4n) is 3.78. The number of carbonyl (C=O) groups excluding carboxylic acids is 1. The van der Waals surface area contributed by atoms with Gasteiger partial charge in [-0.1, -0.05) is 30.3 Å². The van der Waals surface area contributed by atoms with Crippen molar-refractivity contribution in [3.05, 3.63) is 72.1 Å². The number of nitrogens with zero attached hydrogens (tertiary/aromatic N) is 4. The number of amides is 1. The molecule has 1 saturated heterocycles. The molecule has 30 heavy (non-hydrogen) atoms. The molecule has 0 saturated carbocycles. The Labute approximate surface area is 183 Å². The van der Waals surface area contributed by atoms with Gasteiger partial charge in [0.1, 0.15) is 11.5 Å². The zero-order chi connectivity index (χ0) is 19.9. The second-order valence-corrected chi connectivity index (χ2v) is 7.49. The van der Waals surface area contributed by atoms with E-state index < -0.39 is 0 Å². The maximum Gasteiger partial charge on any atom is 0.272 e. The van der Waals surface area contributed by atoms with Gasteiger partial charge in [-0.15, -0.1) is 12.4 Å². The Hall–Kier alpha value is -2.64. The van der Waals surface area contributed by atoms with E-state index in [1.807, 2.05) is 23.1 Å². The van der Waals surface area contributed by atoms with Crippen molar-refractivity contribution in [2.24, 2.45) is 0 Å². The Morgan fingerprint density at radius 1 is 1.20 bits per heavy atom. The monoisotopic (exact) mass is 428 g/mol. The summed E-state index contributed by atoms with van der Waals surface area (Å²) in [6.07, 6.45) is 9.94. The van der Waals surface area contributed by atoms with Crippen LogP contribution in [-0.4, -0.2) is 38.3 Å². The highest BCUT2D eigenvalue weighted by Crippen LogP contribution is 2.15. The van der Waals surface area contributed by atoms with Crippen molar-refractivity contribution in [2.45, 2.75) is 44.8 Å². The van der Waals surface area contributed by atoms with Gasteiger partial charge in [0.2, 0.25) is 0 Å². The summed E-state index contributed by atoms with van der Waals surface area (Å²) in [5.41, 5.74) is 1.80. The molecule has 2 N–H and O–H groups in total. The first kappa shape index (κ1) is 22.1. The van der Waals surface area contributed by atoms with Crippen LogP contribution < -0.4 is 10.6 Å². The van der Waals surface area contributed by atoms with Crippen molar-refractivity contribution in [1.29, 1.82) is 0 Å². The highest BCUT2D eigenvalue weighted by Gasteiger charge is 2.18. The number of halogens is 1. The lowest BCUT2D eigenvalue weighted by atomic mass is 10.1. The molecule has 1 aromatic carbocycles. The number of nitrogens with one attached hydrogen (secondary N) is 2. The molecule has 1 aliphatic rings. The van der Waals surface area contributed by atoms with Crippen LogP contribution in [0.4, 0.5) is 0 Å². The zero-order valence-electron chi connectivity index (χ0n) is 17.0. The van der Waals surface area contributed by atoms with E-state index in [4.69, 9.17) is 0 Å². The molecule has 1 fully saturated rings. The van der Waals surface area contributed by atoms with Gasteiger partial charge in [-0.3, -0.25) is 9.48 Å². The Kier molecular flexibility index (Phi) is 8.04. The van der Waals surface area contributed by atoms with Crippen LogP contribution in [0.25, 0.3) is 0 Å². The molecular weight excluding hydrogens is 400 g/mol. The summed E-state index contributed by atoms with van der Waals surface area (Å²) in [6, 6.07) is 12.6. The fraction of sp³-hybridized carbons (Fsp3) is 0.409. The summed E-state index contributed by atoms with van der Waals surface area (Å²) in [6.45, 7) is 3.24. The molecule has 2 aromatic heterocycles. The van der Waals surface area contributed by atoms with E-state index in [-0.39, 0.29) is 18.3 Å². The molecule has 0 bridgehead atoms. The Balaban J connectivity index is 0.00000256. The molecule has 0 aliphatic carbocycles. The maximum absolute atomic E-state index is 12.5. The van der Waals surface area contributed by atoms with E-state index in [0.29, 0.717) is 18.3 Å². The summed E-state index contributed by atoms with van der Waals surface area (Å²) in [5.74, 6) is 0.702. The van der Waals surface area contributed by atoms with Gasteiger partial charge in [-0.2, -0.15) is 5.10 Å². The molecule has 7 nitrogen and oxygen atoms in total. The molecule has 3 heterocycles. The minimum atomic E-state index is -0.161. The van der Waals surface area contributed by atoms with E-state index in [0.717, 1.165) is 51.1 Å². The highest BCUT2D eigenvalue weighted by molar-refractivity contribution is 5.92. The minimum Gasteiger partial charge on any atom is -0.343 e. The van der Waals surface area contributed by atoms with Crippen molar-refractivity contribution in [1.82, 2.24) is 30.0 Å². The maximum atomic E-state index is 12.5. The van der Waals surface area contributed by atoms with E-state index in [9.17, 15) is 4.79 Å². The summed E-state index contributed by atoms with van der Waals surface area (Å²) in [7, 11) is 0. The summed E-state index contributed by atoms with van der Waals surface area (Å²) >= 11 is 0. The molecular formula is C22H29ClN6O. The zero-order valence-corrected chi connectivity index (χ0v) is 17.9. The topological polar surface area (TPSA) is 76.8 Å². The molecule has 0 radical (unpaired) electrons. The molecule has 8 heteroatoms. The summed E-state index contributed by atoms with van der Waals surface area (Å²) < 4.78 is 4.01. The molecule has 1 aliphatic heterocycles. The third kappa shape index (κ3) is 5.70. The Morgan fingerprint density at radius 2 is 2.07 bits per heavy atom. The van der Waals surface area contributed by atoms with Crippen LogP contribution in [0.3, 0.4) is 0 Å². The lowest BCUT2D eigenvalue weighted by Gasteiger charge is -2.22. The molecule has 1 atom stereocenters. The van der Waals surface area contributed by atoms with E-state index in [1.165, 1.54) is 5.56 Å². The van der Waals surface area contributed by atoms with Gasteiger partial charge in [0, 0.05) is 31.7 Å². The van der Waals surface area contributed by atoms with E-state index >= 15 is 0 Å². The molecule has 1 amide bonds. The van der Waals surface area contributed by atoms with E-state index in [2.05, 4.69) is 49.5 Å². The van der Waals surface area contributed by atoms with Crippen molar-refractivity contribution in [3.8, 4) is 0 Å². The number of hydrogen-bond acceptors (Lipinski definition) is 4. The predicted molar refractivity (Wildman–Crippen MR) is 119 cm³/mol. The normalized spacial score (nSPS) is 16.1. The van der Waals surface area contributed by atoms with Crippen molar-refractivity contribution in [3.63, 3.8) is 0 Å². The van der Waals surface area contributed by atoms with Crippen LogP contribution in [-0.2, 0) is 19.5 Å². The first-order chi connectivity index (χ1) is 14.3. The number of imidazole rings is 1. The second kappa shape index (κ2) is 10.9. The van der Waals surface area contributed by atoms with Crippen LogP contribution in [0.5, 0.6) is 0 Å². The van der Waals surface area contributed by atoms with Crippen LogP contribution >= 0.6 is 12.4 Å². The number of rotatable bonds is 8. The van der Waals surface area contributed by atoms with Gasteiger partial charge in [0.25, 0.3) is 5.91 Å². The van der Waals surface area contributed by atoms with Gasteiger partial charge in [-0.05, 0) is 43.9 Å². The SMILES string of the molecule is Cl.O=C(NCc1nccn1CCCc1ccccc1)c1ccn(C2CCCNC2)n1. The first-order valence-corrected chi connectivity index (χ1v) is 10.4. The van der Waals surface area contributed by atoms with Gasteiger partial charge >= 0.3 is 0 Å². The van der Waals surface area contributed by atoms with Gasteiger partial charge in [-0.25, -0.2) is 4.98 Å². The fourth-order valence-corrected chi connectivity index (χ4v) is 3.78. The highest BCUT2D eigenvalue weighted by atomic mass is 35.5. The molecule has 3 aromatic rings. The number of hydrogen-bond donors (Lipinski definition) is 2. The lowest BCUT2D eigenvalue weighted by Crippen LogP contribution is -2.32. The molecule has 1 unspecified atom stereocenters. The lowest BCUT2D eigenvalue weighted by molar-refractivity contribution is 0.0943. The number of piperidine rings is 1. The van der Waals surface area contributed by atoms with Gasteiger partial charge in [0.05, 0.1) is 12.6 Å². The summed E-state index contributed by atoms with van der Waals surface area (Å²) in [4.78, 5) is 16.9. The largest absolute Gasteiger partial charge is 0.343 e. The quantitative estimate of drug-likeness (QED) is 0.578. The standard InChI is InChI=1S/C22H28N6O.ClH/c29-22(20-10-14-28(26-20)19-9-4-11-23-16-19)25-17-21-24-12-15-27(21)13-5-8-18-6-2-1-3-7-18;/h1-3,6-7,10,12,14-15,19,23H,4-5,8-9,11,13,16-17H2,(H,25,29);1H. The minimum absolute atomic E-state index is 0. The molecule has 160 valence electrons. The average molecular weight is 429 g/mol.